The molecule has 3 rings (SSSR count). The van der Waals surface area contributed by atoms with Crippen molar-refractivity contribution in [2.45, 2.75) is 13.3 Å². The second-order valence-corrected chi connectivity index (χ2v) is 6.09. The molecule has 0 fully saturated rings. The quantitative estimate of drug-likeness (QED) is 0.785. The highest BCUT2D eigenvalue weighted by atomic mass is 32.1. The van der Waals surface area contributed by atoms with Crippen LogP contribution in [0, 0.1) is 6.92 Å². The molecule has 3 aromatic rings. The molecule has 0 unspecified atom stereocenters. The summed E-state index contributed by atoms with van der Waals surface area (Å²) in [5.74, 6) is -0.00913. The maximum Gasteiger partial charge on any atom is 0.267 e. The Hall–Kier alpha value is -2.07. The summed E-state index contributed by atoms with van der Waals surface area (Å²) in [5.41, 5.74) is 3.10. The fraction of sp³-hybridized carbons (Fsp3) is 0.235. The largest absolute Gasteiger partial charge is 0.350 e. The molecule has 0 saturated carbocycles. The number of aromatic nitrogens is 1. The summed E-state index contributed by atoms with van der Waals surface area (Å²) < 4.78 is 3.21. The number of hydrogen-bond acceptors (Lipinski definition) is 2. The summed E-state index contributed by atoms with van der Waals surface area (Å²) in [7, 11) is 1.91. The average Bonchev–Trinajstić information content (AvgIpc) is 3.04. The van der Waals surface area contributed by atoms with Crippen molar-refractivity contribution in [3.63, 3.8) is 0 Å². The molecule has 1 amide bonds. The van der Waals surface area contributed by atoms with E-state index in [1.807, 2.05) is 30.7 Å². The van der Waals surface area contributed by atoms with Crippen molar-refractivity contribution >= 4 is 27.3 Å². The van der Waals surface area contributed by atoms with Crippen molar-refractivity contribution in [3.05, 3.63) is 58.7 Å². The second kappa shape index (κ2) is 5.74. The van der Waals surface area contributed by atoms with Gasteiger partial charge in [0.2, 0.25) is 0 Å². The van der Waals surface area contributed by atoms with Crippen molar-refractivity contribution in [3.8, 4) is 0 Å². The number of nitrogens with one attached hydrogen (secondary N) is 1. The zero-order valence-corrected chi connectivity index (χ0v) is 13.0. The van der Waals surface area contributed by atoms with Crippen LogP contribution in [0.25, 0.3) is 10.1 Å². The minimum atomic E-state index is -0.00913. The lowest BCUT2D eigenvalue weighted by atomic mass is 10.1. The molecule has 0 spiro atoms. The molecule has 3 nitrogen and oxygen atoms in total. The third-order valence-corrected chi connectivity index (χ3v) is 4.86. The SMILES string of the molecule is Cc1ccc(C(=O)NCCc2csc3ccccc23)n1C. The topological polar surface area (TPSA) is 34.0 Å². The van der Waals surface area contributed by atoms with E-state index in [-0.39, 0.29) is 5.91 Å². The van der Waals surface area contributed by atoms with Gasteiger partial charge >= 0.3 is 0 Å². The Kier molecular flexibility index (Phi) is 3.80. The summed E-state index contributed by atoms with van der Waals surface area (Å²) in [4.78, 5) is 12.1. The molecule has 0 aliphatic rings. The number of hydrogen-bond donors (Lipinski definition) is 1. The Morgan fingerprint density at radius 1 is 1.24 bits per heavy atom. The Bertz CT molecular complexity index is 785. The molecule has 0 aliphatic carbocycles. The van der Waals surface area contributed by atoms with Crippen molar-refractivity contribution in [1.82, 2.24) is 9.88 Å². The first-order valence-electron chi connectivity index (χ1n) is 7.02. The van der Waals surface area contributed by atoms with Gasteiger partial charge in [-0.1, -0.05) is 18.2 Å². The molecule has 0 radical (unpaired) electrons. The highest BCUT2D eigenvalue weighted by molar-refractivity contribution is 7.17. The van der Waals surface area contributed by atoms with Gasteiger partial charge in [-0.3, -0.25) is 4.79 Å². The van der Waals surface area contributed by atoms with Gasteiger partial charge in [0.15, 0.2) is 0 Å². The molecule has 0 atom stereocenters. The number of benzene rings is 1. The van der Waals surface area contributed by atoms with Gasteiger partial charge in [-0.2, -0.15) is 0 Å². The van der Waals surface area contributed by atoms with Crippen LogP contribution < -0.4 is 5.32 Å². The van der Waals surface area contributed by atoms with E-state index >= 15 is 0 Å². The maximum atomic E-state index is 12.1. The number of rotatable bonds is 4. The average molecular weight is 298 g/mol. The van der Waals surface area contributed by atoms with Gasteiger partial charge in [-0.25, -0.2) is 0 Å². The van der Waals surface area contributed by atoms with Crippen LogP contribution in [0.5, 0.6) is 0 Å². The molecule has 108 valence electrons. The van der Waals surface area contributed by atoms with Gasteiger partial charge in [0.1, 0.15) is 5.69 Å². The third kappa shape index (κ3) is 2.72. The summed E-state index contributed by atoms with van der Waals surface area (Å²) in [6.45, 7) is 2.65. The van der Waals surface area contributed by atoms with Crippen LogP contribution in [-0.4, -0.2) is 17.0 Å². The van der Waals surface area contributed by atoms with Gasteiger partial charge in [-0.05, 0) is 47.9 Å². The van der Waals surface area contributed by atoms with E-state index < -0.39 is 0 Å². The van der Waals surface area contributed by atoms with E-state index in [0.29, 0.717) is 12.2 Å². The van der Waals surface area contributed by atoms with Gasteiger partial charge in [0.25, 0.3) is 5.91 Å². The van der Waals surface area contributed by atoms with Gasteiger partial charge in [0.05, 0.1) is 0 Å². The summed E-state index contributed by atoms with van der Waals surface area (Å²) in [5, 5.41) is 6.48. The van der Waals surface area contributed by atoms with Crippen molar-refractivity contribution in [1.29, 1.82) is 0 Å². The van der Waals surface area contributed by atoms with Crippen LogP contribution in [0.4, 0.5) is 0 Å². The Labute approximate surface area is 128 Å². The molecule has 0 bridgehead atoms. The predicted octanol–water partition coefficient (Wildman–Crippen LogP) is 3.52. The molecular weight excluding hydrogens is 280 g/mol. The van der Waals surface area contributed by atoms with E-state index in [0.717, 1.165) is 12.1 Å². The normalized spacial score (nSPS) is 11.0. The van der Waals surface area contributed by atoms with E-state index in [1.165, 1.54) is 15.6 Å². The molecule has 2 aromatic heterocycles. The molecule has 4 heteroatoms. The molecule has 1 N–H and O–H groups in total. The van der Waals surface area contributed by atoms with Crippen LogP contribution in [0.1, 0.15) is 21.7 Å². The van der Waals surface area contributed by atoms with Crippen LogP contribution >= 0.6 is 11.3 Å². The number of carbonyl (C=O) groups is 1. The van der Waals surface area contributed by atoms with Crippen LogP contribution in [0.15, 0.2) is 41.8 Å². The van der Waals surface area contributed by atoms with E-state index in [9.17, 15) is 4.79 Å². The maximum absolute atomic E-state index is 12.1. The fourth-order valence-electron chi connectivity index (χ4n) is 2.47. The Morgan fingerprint density at radius 2 is 2.05 bits per heavy atom. The van der Waals surface area contributed by atoms with Gasteiger partial charge < -0.3 is 9.88 Å². The zero-order valence-electron chi connectivity index (χ0n) is 12.2. The first kappa shape index (κ1) is 13.9. The van der Waals surface area contributed by atoms with Crippen LogP contribution in [0.2, 0.25) is 0 Å². The summed E-state index contributed by atoms with van der Waals surface area (Å²) in [6, 6.07) is 12.2. The summed E-state index contributed by atoms with van der Waals surface area (Å²) >= 11 is 1.76. The minimum absolute atomic E-state index is 0.00913. The number of carbonyl (C=O) groups excluding carboxylic acids is 1. The fourth-order valence-corrected chi connectivity index (χ4v) is 3.47. The molecule has 21 heavy (non-hydrogen) atoms. The molecule has 1 aromatic carbocycles. The number of amides is 1. The standard InChI is InChI=1S/C17H18N2OS/c1-12-7-8-15(19(12)2)17(20)18-10-9-13-11-21-16-6-4-3-5-14(13)16/h3-8,11H,9-10H2,1-2H3,(H,18,20). The Morgan fingerprint density at radius 3 is 2.81 bits per heavy atom. The highest BCUT2D eigenvalue weighted by Gasteiger charge is 2.10. The Balaban J connectivity index is 1.64. The van der Waals surface area contributed by atoms with Crippen LogP contribution in [0.3, 0.4) is 0 Å². The minimum Gasteiger partial charge on any atom is -0.350 e. The summed E-state index contributed by atoms with van der Waals surface area (Å²) in [6.07, 6.45) is 0.860. The number of nitrogens with zero attached hydrogens (tertiary/aromatic N) is 1. The zero-order chi connectivity index (χ0) is 14.8. The lowest BCUT2D eigenvalue weighted by molar-refractivity contribution is 0.0946. The molecular formula is C17H18N2OS. The second-order valence-electron chi connectivity index (χ2n) is 5.18. The molecule has 0 saturated heterocycles. The predicted molar refractivity (Wildman–Crippen MR) is 88.0 cm³/mol. The molecule has 0 aliphatic heterocycles. The first-order chi connectivity index (χ1) is 10.2. The third-order valence-electron chi connectivity index (χ3n) is 3.85. The molecule has 2 heterocycles. The van der Waals surface area contributed by atoms with Crippen molar-refractivity contribution < 1.29 is 4.79 Å². The first-order valence-corrected chi connectivity index (χ1v) is 7.90. The van der Waals surface area contributed by atoms with E-state index in [1.54, 1.807) is 11.3 Å². The lowest BCUT2D eigenvalue weighted by Crippen LogP contribution is -2.27. The van der Waals surface area contributed by atoms with Gasteiger partial charge in [-0.15, -0.1) is 11.3 Å². The van der Waals surface area contributed by atoms with E-state index in [2.05, 4.69) is 35.0 Å². The van der Waals surface area contributed by atoms with Gasteiger partial charge in [0, 0.05) is 24.0 Å². The van der Waals surface area contributed by atoms with Crippen LogP contribution in [-0.2, 0) is 13.5 Å². The highest BCUT2D eigenvalue weighted by Crippen LogP contribution is 2.25. The number of thiophene rings is 1. The van der Waals surface area contributed by atoms with E-state index in [4.69, 9.17) is 0 Å². The van der Waals surface area contributed by atoms with Crippen molar-refractivity contribution in [2.75, 3.05) is 6.54 Å². The monoisotopic (exact) mass is 298 g/mol. The smallest absolute Gasteiger partial charge is 0.267 e. The van der Waals surface area contributed by atoms with Crippen molar-refractivity contribution in [2.24, 2.45) is 7.05 Å². The number of fused-ring (bicyclic) bond motifs is 1. The number of aryl methyl sites for hydroxylation is 1. The lowest BCUT2D eigenvalue weighted by Gasteiger charge is -2.07.